The molecule has 0 spiro atoms. The Morgan fingerprint density at radius 3 is 2.69 bits per heavy atom. The van der Waals surface area contributed by atoms with Crippen LogP contribution >= 0.6 is 23.2 Å². The van der Waals surface area contributed by atoms with Crippen LogP contribution in [-0.2, 0) is 9.53 Å². The second-order valence-corrected chi connectivity index (χ2v) is 6.14. The summed E-state index contributed by atoms with van der Waals surface area (Å²) in [4.78, 5) is 28.1. The molecule has 0 aliphatic rings. The van der Waals surface area contributed by atoms with E-state index in [1.54, 1.807) is 38.1 Å². The number of hydrogen-bond donors (Lipinski definition) is 1. The van der Waals surface area contributed by atoms with Gasteiger partial charge < -0.3 is 14.8 Å². The summed E-state index contributed by atoms with van der Waals surface area (Å²) in [6.45, 7) is 3.50. The largest absolute Gasteiger partial charge is 0.477 e. The Kier molecular flexibility index (Phi) is 7.24. The van der Waals surface area contributed by atoms with E-state index >= 15 is 0 Å². The Morgan fingerprint density at radius 2 is 2.00 bits per heavy atom. The van der Waals surface area contributed by atoms with E-state index < -0.39 is 18.5 Å². The van der Waals surface area contributed by atoms with Gasteiger partial charge in [-0.3, -0.25) is 4.79 Å². The third kappa shape index (κ3) is 5.34. The first-order valence-electron chi connectivity index (χ1n) is 7.91. The van der Waals surface area contributed by atoms with Gasteiger partial charge >= 0.3 is 5.97 Å². The number of benzene rings is 1. The molecule has 1 aromatic carbocycles. The Labute approximate surface area is 161 Å². The number of rotatable bonds is 7. The van der Waals surface area contributed by atoms with Crippen LogP contribution in [0.5, 0.6) is 5.88 Å². The summed E-state index contributed by atoms with van der Waals surface area (Å²) in [5.41, 5.74) is 0.949. The molecule has 1 atom stereocenters. The molecule has 0 radical (unpaired) electrons. The lowest BCUT2D eigenvalue weighted by Gasteiger charge is -2.15. The van der Waals surface area contributed by atoms with Gasteiger partial charge in [0.15, 0.2) is 6.61 Å². The third-order valence-electron chi connectivity index (χ3n) is 3.43. The van der Waals surface area contributed by atoms with Crippen LogP contribution in [0.25, 0.3) is 0 Å². The summed E-state index contributed by atoms with van der Waals surface area (Å²) >= 11 is 11.9. The van der Waals surface area contributed by atoms with Crippen LogP contribution in [0.1, 0.15) is 35.8 Å². The minimum Gasteiger partial charge on any atom is -0.477 e. The molecule has 138 valence electrons. The molecule has 2 rings (SSSR count). The molecule has 0 saturated heterocycles. The molecular formula is C18H18Cl2N2O4. The quantitative estimate of drug-likeness (QED) is 0.719. The number of amides is 1. The van der Waals surface area contributed by atoms with Crippen molar-refractivity contribution in [1.29, 1.82) is 0 Å². The van der Waals surface area contributed by atoms with Crippen molar-refractivity contribution in [3.63, 3.8) is 0 Å². The van der Waals surface area contributed by atoms with E-state index in [0.29, 0.717) is 16.7 Å². The van der Waals surface area contributed by atoms with Crippen molar-refractivity contribution in [2.24, 2.45) is 0 Å². The van der Waals surface area contributed by atoms with E-state index in [1.165, 1.54) is 12.3 Å². The van der Waals surface area contributed by atoms with Crippen LogP contribution in [-0.4, -0.2) is 30.1 Å². The van der Waals surface area contributed by atoms with Crippen LogP contribution in [0.2, 0.25) is 10.0 Å². The SMILES string of the molecule is CCOc1ncccc1C(=O)OCC(=O)NC(C)c1ccc(Cl)c(Cl)c1. The van der Waals surface area contributed by atoms with Gasteiger partial charge in [0, 0.05) is 6.20 Å². The zero-order chi connectivity index (χ0) is 19.1. The average Bonchev–Trinajstić information content (AvgIpc) is 2.62. The summed E-state index contributed by atoms with van der Waals surface area (Å²) in [5.74, 6) is -0.956. The number of nitrogens with zero attached hydrogens (tertiary/aromatic N) is 1. The van der Waals surface area contributed by atoms with Crippen molar-refractivity contribution in [1.82, 2.24) is 10.3 Å². The first-order chi connectivity index (χ1) is 12.4. The fourth-order valence-electron chi connectivity index (χ4n) is 2.15. The van der Waals surface area contributed by atoms with E-state index in [2.05, 4.69) is 10.3 Å². The molecule has 2 aromatic rings. The van der Waals surface area contributed by atoms with E-state index in [4.69, 9.17) is 32.7 Å². The highest BCUT2D eigenvalue weighted by Crippen LogP contribution is 2.25. The standard InChI is InChI=1S/C18H18Cl2N2O4/c1-3-25-17-13(5-4-8-21-17)18(24)26-10-16(23)22-11(2)12-6-7-14(19)15(20)9-12/h4-9,11H,3,10H2,1-2H3,(H,22,23). The summed E-state index contributed by atoms with van der Waals surface area (Å²) in [6, 6.07) is 7.87. The molecule has 26 heavy (non-hydrogen) atoms. The van der Waals surface area contributed by atoms with Crippen LogP contribution in [0.4, 0.5) is 0 Å². The molecule has 8 heteroatoms. The molecule has 0 saturated carbocycles. The monoisotopic (exact) mass is 396 g/mol. The lowest BCUT2D eigenvalue weighted by Crippen LogP contribution is -2.31. The van der Waals surface area contributed by atoms with Crippen molar-refractivity contribution in [3.05, 3.63) is 57.7 Å². The van der Waals surface area contributed by atoms with Gasteiger partial charge in [0.25, 0.3) is 5.91 Å². The topological polar surface area (TPSA) is 77.5 Å². The van der Waals surface area contributed by atoms with Gasteiger partial charge in [0.1, 0.15) is 5.56 Å². The smallest absolute Gasteiger partial charge is 0.344 e. The average molecular weight is 397 g/mol. The Bertz CT molecular complexity index is 799. The normalized spacial score (nSPS) is 11.5. The van der Waals surface area contributed by atoms with Crippen molar-refractivity contribution >= 4 is 35.1 Å². The molecule has 1 N–H and O–H groups in total. The van der Waals surface area contributed by atoms with Crippen LogP contribution in [0, 0.1) is 0 Å². The maximum absolute atomic E-state index is 12.1. The predicted molar refractivity (Wildman–Crippen MR) is 98.7 cm³/mol. The fourth-order valence-corrected chi connectivity index (χ4v) is 2.46. The fraction of sp³-hybridized carbons (Fsp3) is 0.278. The van der Waals surface area contributed by atoms with Gasteiger partial charge in [-0.25, -0.2) is 9.78 Å². The maximum atomic E-state index is 12.1. The Hall–Kier alpha value is -2.31. The Morgan fingerprint density at radius 1 is 1.23 bits per heavy atom. The zero-order valence-electron chi connectivity index (χ0n) is 14.3. The number of halogens is 2. The number of hydrogen-bond acceptors (Lipinski definition) is 5. The third-order valence-corrected chi connectivity index (χ3v) is 4.17. The molecule has 0 fully saturated rings. The minimum absolute atomic E-state index is 0.166. The van der Waals surface area contributed by atoms with E-state index in [1.807, 2.05) is 0 Å². The van der Waals surface area contributed by atoms with E-state index in [9.17, 15) is 9.59 Å². The highest BCUT2D eigenvalue weighted by atomic mass is 35.5. The van der Waals surface area contributed by atoms with Crippen LogP contribution < -0.4 is 10.1 Å². The predicted octanol–water partition coefficient (Wildman–Crippen LogP) is 3.82. The zero-order valence-corrected chi connectivity index (χ0v) is 15.8. The van der Waals surface area contributed by atoms with Crippen LogP contribution in [0.15, 0.2) is 36.5 Å². The summed E-state index contributed by atoms with van der Waals surface area (Å²) < 4.78 is 10.3. The molecule has 0 aliphatic heterocycles. The van der Waals surface area contributed by atoms with Gasteiger partial charge in [-0.15, -0.1) is 0 Å². The van der Waals surface area contributed by atoms with Crippen LogP contribution in [0.3, 0.4) is 0 Å². The van der Waals surface area contributed by atoms with Crippen molar-refractivity contribution in [2.75, 3.05) is 13.2 Å². The van der Waals surface area contributed by atoms with Gasteiger partial charge in [-0.2, -0.15) is 0 Å². The van der Waals surface area contributed by atoms with Crippen molar-refractivity contribution < 1.29 is 19.1 Å². The highest BCUT2D eigenvalue weighted by Gasteiger charge is 2.17. The Balaban J connectivity index is 1.92. The molecule has 1 unspecified atom stereocenters. The molecule has 0 aliphatic carbocycles. The number of carbonyl (C=O) groups is 2. The van der Waals surface area contributed by atoms with Crippen molar-refractivity contribution in [3.8, 4) is 5.88 Å². The van der Waals surface area contributed by atoms with Gasteiger partial charge in [0.05, 0.1) is 22.7 Å². The molecule has 0 bridgehead atoms. The maximum Gasteiger partial charge on any atom is 0.344 e. The van der Waals surface area contributed by atoms with Crippen molar-refractivity contribution in [2.45, 2.75) is 19.9 Å². The minimum atomic E-state index is -0.682. The lowest BCUT2D eigenvalue weighted by molar-refractivity contribution is -0.124. The second kappa shape index (κ2) is 9.40. The lowest BCUT2D eigenvalue weighted by atomic mass is 10.1. The second-order valence-electron chi connectivity index (χ2n) is 5.33. The number of esters is 1. The summed E-state index contributed by atoms with van der Waals surface area (Å²) in [7, 11) is 0. The molecule has 6 nitrogen and oxygen atoms in total. The number of pyridine rings is 1. The van der Waals surface area contributed by atoms with E-state index in [-0.39, 0.29) is 17.5 Å². The summed E-state index contributed by atoms with van der Waals surface area (Å²) in [5, 5.41) is 3.56. The van der Waals surface area contributed by atoms with Gasteiger partial charge in [-0.05, 0) is 43.7 Å². The van der Waals surface area contributed by atoms with E-state index in [0.717, 1.165) is 5.56 Å². The number of aromatic nitrogens is 1. The first kappa shape index (κ1) is 20.0. The first-order valence-corrected chi connectivity index (χ1v) is 8.67. The number of carbonyl (C=O) groups excluding carboxylic acids is 2. The molecule has 1 amide bonds. The molecular weight excluding hydrogens is 379 g/mol. The van der Waals surface area contributed by atoms with Gasteiger partial charge in [-0.1, -0.05) is 29.3 Å². The number of nitrogens with one attached hydrogen (secondary N) is 1. The van der Waals surface area contributed by atoms with Gasteiger partial charge in [0.2, 0.25) is 5.88 Å². The summed E-state index contributed by atoms with van der Waals surface area (Å²) in [6.07, 6.45) is 1.51. The molecule has 1 heterocycles. The number of ether oxygens (including phenoxy) is 2. The molecule has 1 aromatic heterocycles. The highest BCUT2D eigenvalue weighted by molar-refractivity contribution is 6.42.